The van der Waals surface area contributed by atoms with E-state index in [1.165, 1.54) is 12.1 Å². The summed E-state index contributed by atoms with van der Waals surface area (Å²) in [4.78, 5) is 12.9. The van der Waals surface area contributed by atoms with Gasteiger partial charge in [-0.1, -0.05) is 34.1 Å². The fraction of sp³-hybridized carbons (Fsp3) is 0.235. The van der Waals surface area contributed by atoms with Gasteiger partial charge in [0.1, 0.15) is 0 Å². The Kier molecular flexibility index (Phi) is 4.06. The van der Waals surface area contributed by atoms with Gasteiger partial charge in [0.25, 0.3) is 0 Å². The number of amides is 1. The van der Waals surface area contributed by atoms with Gasteiger partial charge in [-0.05, 0) is 48.7 Å². The summed E-state index contributed by atoms with van der Waals surface area (Å²) in [6, 6.07) is 14.1. The van der Waals surface area contributed by atoms with Gasteiger partial charge < -0.3 is 5.32 Å². The third-order valence-electron chi connectivity index (χ3n) is 4.08. The number of benzene rings is 2. The van der Waals surface area contributed by atoms with Crippen LogP contribution in [-0.2, 0) is 20.0 Å². The predicted octanol–water partition coefficient (Wildman–Crippen LogP) is 3.52. The van der Waals surface area contributed by atoms with E-state index in [1.807, 2.05) is 24.3 Å². The van der Waals surface area contributed by atoms with Crippen molar-refractivity contribution in [3.05, 3.63) is 58.6 Å². The Morgan fingerprint density at radius 1 is 1.13 bits per heavy atom. The zero-order valence-corrected chi connectivity index (χ0v) is 14.9. The minimum atomic E-state index is -3.30. The van der Waals surface area contributed by atoms with E-state index >= 15 is 0 Å². The van der Waals surface area contributed by atoms with E-state index in [0.29, 0.717) is 5.69 Å². The summed E-state index contributed by atoms with van der Waals surface area (Å²) in [5, 5.41) is 2.86. The molecule has 1 fully saturated rings. The molecule has 0 unspecified atom stereocenters. The number of carbonyl (C=O) groups is 1. The van der Waals surface area contributed by atoms with E-state index in [0.717, 1.165) is 29.1 Å². The summed E-state index contributed by atoms with van der Waals surface area (Å²) in [7, 11) is -3.30. The van der Waals surface area contributed by atoms with Crippen LogP contribution in [0.5, 0.6) is 0 Å². The van der Waals surface area contributed by atoms with Crippen LogP contribution < -0.4 is 5.32 Å². The molecule has 3 rings (SSSR count). The van der Waals surface area contributed by atoms with Crippen LogP contribution in [-0.4, -0.2) is 20.6 Å². The van der Waals surface area contributed by atoms with Crippen molar-refractivity contribution in [1.82, 2.24) is 0 Å². The van der Waals surface area contributed by atoms with Crippen LogP contribution in [0.3, 0.4) is 0 Å². The first-order valence-electron chi connectivity index (χ1n) is 7.19. The number of carbonyl (C=O) groups excluding carboxylic acids is 1. The minimum Gasteiger partial charge on any atom is -0.325 e. The maximum atomic E-state index is 12.7. The zero-order chi connectivity index (χ0) is 16.7. The summed E-state index contributed by atoms with van der Waals surface area (Å²) in [6.45, 7) is 0. The number of anilines is 1. The average molecular weight is 394 g/mol. The molecule has 0 heterocycles. The van der Waals surface area contributed by atoms with E-state index in [2.05, 4.69) is 21.2 Å². The molecule has 1 saturated carbocycles. The van der Waals surface area contributed by atoms with Crippen molar-refractivity contribution in [3.8, 4) is 0 Å². The molecule has 0 spiro atoms. The van der Waals surface area contributed by atoms with E-state index in [9.17, 15) is 13.2 Å². The molecule has 1 aliphatic carbocycles. The molecule has 0 bridgehead atoms. The second kappa shape index (κ2) is 5.76. The third kappa shape index (κ3) is 3.33. The lowest BCUT2D eigenvalue weighted by Gasteiger charge is -2.16. The Labute approximate surface area is 144 Å². The zero-order valence-electron chi connectivity index (χ0n) is 12.5. The summed E-state index contributed by atoms with van der Waals surface area (Å²) in [5.41, 5.74) is 0.966. The highest BCUT2D eigenvalue weighted by atomic mass is 79.9. The average Bonchev–Trinajstić information content (AvgIpc) is 3.28. The van der Waals surface area contributed by atoms with Gasteiger partial charge in [0.05, 0.1) is 10.3 Å². The van der Waals surface area contributed by atoms with Crippen LogP contribution in [0.2, 0.25) is 0 Å². The molecule has 23 heavy (non-hydrogen) atoms. The number of hydrogen-bond acceptors (Lipinski definition) is 3. The van der Waals surface area contributed by atoms with Gasteiger partial charge >= 0.3 is 0 Å². The maximum absolute atomic E-state index is 12.7. The van der Waals surface area contributed by atoms with Gasteiger partial charge in [-0.15, -0.1) is 0 Å². The van der Waals surface area contributed by atoms with Crippen LogP contribution in [0, 0.1) is 0 Å². The first-order chi connectivity index (χ1) is 10.8. The Morgan fingerprint density at radius 2 is 1.83 bits per heavy atom. The molecule has 120 valence electrons. The minimum absolute atomic E-state index is 0.0961. The fourth-order valence-electron chi connectivity index (χ4n) is 2.61. The van der Waals surface area contributed by atoms with Gasteiger partial charge in [-0.3, -0.25) is 4.79 Å². The van der Waals surface area contributed by atoms with Crippen molar-refractivity contribution in [2.24, 2.45) is 0 Å². The van der Waals surface area contributed by atoms with Crippen LogP contribution in [0.15, 0.2) is 57.9 Å². The molecule has 4 nitrogen and oxygen atoms in total. The summed E-state index contributed by atoms with van der Waals surface area (Å²) < 4.78 is 24.2. The number of sulfone groups is 1. The molecule has 2 aromatic rings. The van der Waals surface area contributed by atoms with E-state index in [4.69, 9.17) is 0 Å². The highest BCUT2D eigenvalue weighted by molar-refractivity contribution is 9.10. The number of rotatable bonds is 4. The molecule has 0 atom stereocenters. The molecule has 6 heteroatoms. The van der Waals surface area contributed by atoms with Crippen LogP contribution in [0.4, 0.5) is 5.69 Å². The van der Waals surface area contributed by atoms with Gasteiger partial charge in [-0.25, -0.2) is 8.42 Å². The molecule has 1 aliphatic rings. The van der Waals surface area contributed by atoms with Gasteiger partial charge in [-0.2, -0.15) is 0 Å². The first-order valence-corrected chi connectivity index (χ1v) is 9.87. The van der Waals surface area contributed by atoms with Crippen molar-refractivity contribution in [3.63, 3.8) is 0 Å². The molecule has 1 N–H and O–H groups in total. The van der Waals surface area contributed by atoms with Crippen molar-refractivity contribution in [2.75, 3.05) is 11.6 Å². The molecule has 0 aliphatic heterocycles. The fourth-order valence-corrected chi connectivity index (χ4v) is 3.68. The standard InChI is InChI=1S/C17H16BrNO3S/c1-23(21,22)15-7-3-6-14(11-15)19-16(20)17(8-9-17)12-4-2-5-13(18)10-12/h2-7,10-11H,8-9H2,1H3,(H,19,20). The molecule has 0 saturated heterocycles. The normalized spacial score (nSPS) is 15.9. The van der Waals surface area contributed by atoms with Crippen LogP contribution in [0.25, 0.3) is 0 Å². The highest BCUT2D eigenvalue weighted by Crippen LogP contribution is 2.49. The van der Waals surface area contributed by atoms with Crippen molar-refractivity contribution in [1.29, 1.82) is 0 Å². The molecule has 0 aromatic heterocycles. The molecular formula is C17H16BrNO3S. The van der Waals surface area contributed by atoms with Gasteiger partial charge in [0.2, 0.25) is 5.91 Å². The Bertz CT molecular complexity index is 873. The van der Waals surface area contributed by atoms with Crippen molar-refractivity contribution in [2.45, 2.75) is 23.2 Å². The van der Waals surface area contributed by atoms with Gasteiger partial charge in [0.15, 0.2) is 9.84 Å². The van der Waals surface area contributed by atoms with Crippen LogP contribution >= 0.6 is 15.9 Å². The van der Waals surface area contributed by atoms with E-state index in [-0.39, 0.29) is 10.8 Å². The summed E-state index contributed by atoms with van der Waals surface area (Å²) in [5.74, 6) is -0.0961. The number of nitrogens with one attached hydrogen (secondary N) is 1. The van der Waals surface area contributed by atoms with E-state index < -0.39 is 15.3 Å². The van der Waals surface area contributed by atoms with Crippen molar-refractivity contribution < 1.29 is 13.2 Å². The quantitative estimate of drug-likeness (QED) is 0.863. The topological polar surface area (TPSA) is 63.2 Å². The molecule has 1 amide bonds. The monoisotopic (exact) mass is 393 g/mol. The Morgan fingerprint density at radius 3 is 2.43 bits per heavy atom. The molecular weight excluding hydrogens is 378 g/mol. The summed E-state index contributed by atoms with van der Waals surface area (Å²) >= 11 is 3.43. The third-order valence-corrected chi connectivity index (χ3v) is 5.69. The lowest BCUT2D eigenvalue weighted by molar-refractivity contribution is -0.118. The Balaban J connectivity index is 1.85. The van der Waals surface area contributed by atoms with Gasteiger partial charge in [0, 0.05) is 16.4 Å². The lowest BCUT2D eigenvalue weighted by Crippen LogP contribution is -2.27. The Hall–Kier alpha value is -1.66. The van der Waals surface area contributed by atoms with Crippen LogP contribution in [0.1, 0.15) is 18.4 Å². The molecule has 2 aromatic carbocycles. The first kappa shape index (κ1) is 16.2. The predicted molar refractivity (Wildman–Crippen MR) is 93.2 cm³/mol. The number of hydrogen-bond donors (Lipinski definition) is 1. The second-order valence-electron chi connectivity index (χ2n) is 5.85. The van der Waals surface area contributed by atoms with Crippen molar-refractivity contribution >= 4 is 37.4 Å². The SMILES string of the molecule is CS(=O)(=O)c1cccc(NC(=O)C2(c3cccc(Br)c3)CC2)c1. The summed E-state index contributed by atoms with van der Waals surface area (Å²) in [6.07, 6.45) is 2.74. The smallest absolute Gasteiger partial charge is 0.235 e. The van der Waals surface area contributed by atoms with E-state index in [1.54, 1.807) is 12.1 Å². The lowest BCUT2D eigenvalue weighted by atomic mass is 9.95. The number of halogens is 1. The molecule has 0 radical (unpaired) electrons. The second-order valence-corrected chi connectivity index (χ2v) is 8.78. The maximum Gasteiger partial charge on any atom is 0.235 e. The largest absolute Gasteiger partial charge is 0.325 e. The highest BCUT2D eigenvalue weighted by Gasteiger charge is 2.51.